The molecule has 0 aliphatic rings. The van der Waals surface area contributed by atoms with Crippen LogP contribution in [0.2, 0.25) is 5.02 Å². The maximum Gasteiger partial charge on any atom is 0.278 e. The van der Waals surface area contributed by atoms with E-state index in [1.165, 1.54) is 26.1 Å². The number of halogens is 2. The highest BCUT2D eigenvalue weighted by Gasteiger charge is 2.23. The van der Waals surface area contributed by atoms with Gasteiger partial charge in [-0.05, 0) is 55.2 Å². The van der Waals surface area contributed by atoms with E-state index in [0.717, 1.165) is 10.2 Å². The van der Waals surface area contributed by atoms with Crippen molar-refractivity contribution in [2.45, 2.75) is 19.8 Å². The van der Waals surface area contributed by atoms with Crippen LogP contribution < -0.4 is 5.56 Å². The molecular weight excluding hydrogens is 381 g/mol. The number of nitrogens with zero attached hydrogens (tertiary/aromatic N) is 3. The van der Waals surface area contributed by atoms with Gasteiger partial charge in [-0.1, -0.05) is 23.7 Å². The fourth-order valence-corrected chi connectivity index (χ4v) is 3.36. The molecule has 0 fully saturated rings. The Morgan fingerprint density at radius 3 is 2.50 bits per heavy atom. The van der Waals surface area contributed by atoms with Crippen molar-refractivity contribution >= 4 is 11.6 Å². The first kappa shape index (κ1) is 19.6. The van der Waals surface area contributed by atoms with E-state index in [-0.39, 0.29) is 22.6 Å². The summed E-state index contributed by atoms with van der Waals surface area (Å²) in [6.07, 6.45) is 0.870. The highest BCUT2D eigenvalue weighted by Crippen LogP contribution is 2.36. The standard InChI is InChI=1S/C21H17ClFN3O2/c1-12-20(27)19(21(28)26(2)25-12)18-15(16(22)9-10-17(18)23)8-7-13-3-5-14(11-24)6-4-13/h3-6,9-10,27H,7-8H2,1-2H3. The Morgan fingerprint density at radius 1 is 1.18 bits per heavy atom. The summed E-state index contributed by atoms with van der Waals surface area (Å²) in [5, 5.41) is 23.5. The number of hydrogen-bond acceptors (Lipinski definition) is 4. The third-order valence-electron chi connectivity index (χ3n) is 4.59. The molecule has 0 saturated heterocycles. The number of aromatic hydroxyl groups is 1. The van der Waals surface area contributed by atoms with Crippen molar-refractivity contribution in [2.75, 3.05) is 0 Å². The van der Waals surface area contributed by atoms with Crippen LogP contribution in [0.1, 0.15) is 22.4 Å². The van der Waals surface area contributed by atoms with Crippen molar-refractivity contribution in [3.8, 4) is 22.9 Å². The fourth-order valence-electron chi connectivity index (χ4n) is 3.11. The zero-order chi connectivity index (χ0) is 20.4. The molecule has 0 spiro atoms. The molecule has 3 aromatic rings. The number of hydrogen-bond donors (Lipinski definition) is 1. The maximum absolute atomic E-state index is 14.8. The van der Waals surface area contributed by atoms with Crippen LogP contribution in [0.15, 0.2) is 41.2 Å². The molecule has 28 heavy (non-hydrogen) atoms. The van der Waals surface area contributed by atoms with Crippen molar-refractivity contribution in [2.24, 2.45) is 7.05 Å². The lowest BCUT2D eigenvalue weighted by atomic mass is 9.94. The van der Waals surface area contributed by atoms with Crippen LogP contribution in [0.3, 0.4) is 0 Å². The molecule has 1 aromatic heterocycles. The minimum atomic E-state index is -0.641. The van der Waals surface area contributed by atoms with Gasteiger partial charge in [0.1, 0.15) is 11.5 Å². The highest BCUT2D eigenvalue weighted by atomic mass is 35.5. The van der Waals surface area contributed by atoms with Gasteiger partial charge in [0, 0.05) is 17.6 Å². The predicted molar refractivity (Wildman–Crippen MR) is 105 cm³/mol. The molecule has 0 bridgehead atoms. The van der Waals surface area contributed by atoms with Gasteiger partial charge < -0.3 is 5.11 Å². The van der Waals surface area contributed by atoms with Crippen molar-refractivity contribution in [1.82, 2.24) is 9.78 Å². The zero-order valence-corrected chi connectivity index (χ0v) is 16.1. The van der Waals surface area contributed by atoms with E-state index in [1.54, 1.807) is 12.1 Å². The SMILES string of the molecule is Cc1nn(C)c(=O)c(-c2c(F)ccc(Cl)c2CCc2ccc(C#N)cc2)c1O. The lowest BCUT2D eigenvalue weighted by molar-refractivity contribution is 0.460. The van der Waals surface area contributed by atoms with Crippen LogP contribution in [0.4, 0.5) is 4.39 Å². The summed E-state index contributed by atoms with van der Waals surface area (Å²) in [5.41, 5.74) is 1.37. The molecule has 2 aromatic carbocycles. The lowest BCUT2D eigenvalue weighted by Crippen LogP contribution is -2.23. The number of nitriles is 1. The normalized spacial score (nSPS) is 10.7. The van der Waals surface area contributed by atoms with Crippen LogP contribution in [0.25, 0.3) is 11.1 Å². The molecule has 0 radical (unpaired) electrons. The third kappa shape index (κ3) is 3.62. The Hall–Kier alpha value is -3.17. The van der Waals surface area contributed by atoms with Crippen molar-refractivity contribution in [3.05, 3.63) is 80.0 Å². The van der Waals surface area contributed by atoms with Gasteiger partial charge >= 0.3 is 0 Å². The summed E-state index contributed by atoms with van der Waals surface area (Å²) in [6.45, 7) is 1.54. The molecule has 7 heteroatoms. The van der Waals surface area contributed by atoms with E-state index >= 15 is 0 Å². The summed E-state index contributed by atoms with van der Waals surface area (Å²) in [4.78, 5) is 12.6. The van der Waals surface area contributed by atoms with E-state index in [1.807, 2.05) is 12.1 Å². The quantitative estimate of drug-likeness (QED) is 0.723. The molecule has 3 rings (SSSR count). The third-order valence-corrected chi connectivity index (χ3v) is 4.94. The summed E-state index contributed by atoms with van der Waals surface area (Å²) in [6, 6.07) is 11.7. The lowest BCUT2D eigenvalue weighted by Gasteiger charge is -2.15. The van der Waals surface area contributed by atoms with E-state index in [4.69, 9.17) is 16.9 Å². The van der Waals surface area contributed by atoms with E-state index in [2.05, 4.69) is 11.2 Å². The molecule has 1 N–H and O–H groups in total. The summed E-state index contributed by atoms with van der Waals surface area (Å²) >= 11 is 6.33. The molecule has 0 amide bonds. The van der Waals surface area contributed by atoms with Crippen LogP contribution in [0, 0.1) is 24.1 Å². The van der Waals surface area contributed by atoms with Gasteiger partial charge in [-0.3, -0.25) is 4.79 Å². The summed E-state index contributed by atoms with van der Waals surface area (Å²) in [5.74, 6) is -0.999. The second-order valence-corrected chi connectivity index (χ2v) is 6.84. The van der Waals surface area contributed by atoms with Gasteiger partial charge in [0.05, 0.1) is 17.2 Å². The number of aryl methyl sites for hydroxylation is 3. The van der Waals surface area contributed by atoms with Crippen LogP contribution in [-0.4, -0.2) is 14.9 Å². The van der Waals surface area contributed by atoms with Crippen LogP contribution in [0.5, 0.6) is 5.75 Å². The molecule has 0 aliphatic carbocycles. The Bertz CT molecular complexity index is 1150. The second-order valence-electron chi connectivity index (χ2n) is 6.43. The molecule has 0 unspecified atom stereocenters. The average molecular weight is 398 g/mol. The molecule has 0 aliphatic heterocycles. The van der Waals surface area contributed by atoms with E-state index < -0.39 is 11.4 Å². The Morgan fingerprint density at radius 2 is 1.86 bits per heavy atom. The van der Waals surface area contributed by atoms with Gasteiger partial charge in [0.2, 0.25) is 0 Å². The summed E-state index contributed by atoms with van der Waals surface area (Å²) in [7, 11) is 1.44. The molecule has 0 atom stereocenters. The summed E-state index contributed by atoms with van der Waals surface area (Å²) < 4.78 is 15.9. The molecule has 1 heterocycles. The smallest absolute Gasteiger partial charge is 0.278 e. The first-order chi connectivity index (χ1) is 13.3. The second kappa shape index (κ2) is 7.83. The topological polar surface area (TPSA) is 78.9 Å². The van der Waals surface area contributed by atoms with Gasteiger partial charge in [-0.2, -0.15) is 10.4 Å². The van der Waals surface area contributed by atoms with E-state index in [9.17, 15) is 14.3 Å². The van der Waals surface area contributed by atoms with Crippen molar-refractivity contribution in [1.29, 1.82) is 5.26 Å². The molecule has 5 nitrogen and oxygen atoms in total. The predicted octanol–water partition coefficient (Wildman–Crippen LogP) is 3.91. The van der Waals surface area contributed by atoms with E-state index in [0.29, 0.717) is 29.0 Å². The molecule has 0 saturated carbocycles. The van der Waals surface area contributed by atoms with Gasteiger partial charge in [0.15, 0.2) is 5.75 Å². The Labute approximate surface area is 166 Å². The number of aromatic nitrogens is 2. The largest absolute Gasteiger partial charge is 0.505 e. The minimum Gasteiger partial charge on any atom is -0.505 e. The van der Waals surface area contributed by atoms with Crippen LogP contribution in [-0.2, 0) is 19.9 Å². The van der Waals surface area contributed by atoms with Gasteiger partial charge in [-0.25, -0.2) is 9.07 Å². The first-order valence-corrected chi connectivity index (χ1v) is 8.94. The number of rotatable bonds is 4. The zero-order valence-electron chi connectivity index (χ0n) is 15.3. The van der Waals surface area contributed by atoms with Crippen molar-refractivity contribution in [3.63, 3.8) is 0 Å². The highest BCUT2D eigenvalue weighted by molar-refractivity contribution is 6.31. The number of benzene rings is 2. The molecule has 142 valence electrons. The van der Waals surface area contributed by atoms with Crippen molar-refractivity contribution < 1.29 is 9.50 Å². The monoisotopic (exact) mass is 397 g/mol. The fraction of sp³-hybridized carbons (Fsp3) is 0.190. The average Bonchev–Trinajstić information content (AvgIpc) is 2.69. The van der Waals surface area contributed by atoms with Gasteiger partial charge in [0.25, 0.3) is 5.56 Å². The van der Waals surface area contributed by atoms with Gasteiger partial charge in [-0.15, -0.1) is 0 Å². The Balaban J connectivity index is 2.10. The minimum absolute atomic E-state index is 0.00950. The first-order valence-electron chi connectivity index (χ1n) is 8.56. The molecular formula is C21H17ClFN3O2. The Kier molecular flexibility index (Phi) is 5.48. The maximum atomic E-state index is 14.8. The van der Waals surface area contributed by atoms with Crippen LogP contribution >= 0.6 is 11.6 Å².